The molecule has 2 aromatic rings. The lowest BCUT2D eigenvalue weighted by molar-refractivity contribution is 0.102. The van der Waals surface area contributed by atoms with Gasteiger partial charge in [0.2, 0.25) is 0 Å². The van der Waals surface area contributed by atoms with Crippen molar-refractivity contribution < 1.29 is 19.0 Å². The number of rotatable bonds is 7. The third-order valence-electron chi connectivity index (χ3n) is 4.68. The topological polar surface area (TPSA) is 78.8 Å². The molecule has 0 unspecified atom stereocenters. The van der Waals surface area contributed by atoms with Crippen molar-refractivity contribution in [1.29, 1.82) is 0 Å². The Morgan fingerprint density at radius 2 is 1.89 bits per heavy atom. The summed E-state index contributed by atoms with van der Waals surface area (Å²) >= 11 is 0. The molecule has 0 spiro atoms. The van der Waals surface area contributed by atoms with Gasteiger partial charge in [-0.15, -0.1) is 0 Å². The second-order valence-corrected chi connectivity index (χ2v) is 6.46. The highest BCUT2D eigenvalue weighted by atomic mass is 16.5. The molecule has 7 heteroatoms. The molecule has 0 aliphatic carbocycles. The minimum Gasteiger partial charge on any atom is -0.496 e. The highest BCUT2D eigenvalue weighted by Crippen LogP contribution is 2.32. The van der Waals surface area contributed by atoms with Crippen LogP contribution in [0.4, 0.5) is 5.69 Å². The van der Waals surface area contributed by atoms with Crippen LogP contribution >= 0.6 is 0 Å². The molecule has 1 aromatic carbocycles. The Bertz CT molecular complexity index is 920. The normalized spacial score (nSPS) is 12.8. The Morgan fingerprint density at radius 3 is 2.61 bits per heavy atom. The monoisotopic (exact) mass is 386 g/mol. The predicted octanol–water partition coefficient (Wildman–Crippen LogP) is 3.24. The number of fused-ring (bicyclic) bond motifs is 1. The van der Waals surface area contributed by atoms with E-state index in [4.69, 9.17) is 14.2 Å². The van der Waals surface area contributed by atoms with Crippen LogP contribution in [0.15, 0.2) is 29.1 Å². The summed E-state index contributed by atoms with van der Waals surface area (Å²) in [6, 6.07) is 6.69. The standard InChI is InChI=1S/C21H26N2O5/c1-4-27-14-9-10-17(28-5-2)15(12-14)22-21(25)20-16-8-6-7-11-23(16)19(24)13-18(20)26-3/h9-10,12-13H,4-8,11H2,1-3H3,(H,22,25). The fraction of sp³-hybridized carbons (Fsp3) is 0.429. The van der Waals surface area contributed by atoms with Crippen molar-refractivity contribution in [3.8, 4) is 17.2 Å². The zero-order chi connectivity index (χ0) is 20.1. The van der Waals surface area contributed by atoms with Crippen molar-refractivity contribution in [3.05, 3.63) is 45.9 Å². The van der Waals surface area contributed by atoms with E-state index >= 15 is 0 Å². The minimum absolute atomic E-state index is 0.142. The highest BCUT2D eigenvalue weighted by molar-refractivity contribution is 6.07. The van der Waals surface area contributed by atoms with Crippen LogP contribution in [-0.4, -0.2) is 30.8 Å². The molecule has 150 valence electrons. The molecule has 7 nitrogen and oxygen atoms in total. The van der Waals surface area contributed by atoms with E-state index in [1.807, 2.05) is 13.8 Å². The van der Waals surface area contributed by atoms with Gasteiger partial charge in [-0.3, -0.25) is 9.59 Å². The second-order valence-electron chi connectivity index (χ2n) is 6.46. The van der Waals surface area contributed by atoms with E-state index in [1.54, 1.807) is 22.8 Å². The zero-order valence-corrected chi connectivity index (χ0v) is 16.5. The molecule has 3 rings (SSSR count). The molecule has 1 aliphatic rings. The molecule has 1 N–H and O–H groups in total. The predicted molar refractivity (Wildman–Crippen MR) is 107 cm³/mol. The first kappa shape index (κ1) is 19.8. The molecule has 0 bridgehead atoms. The van der Waals surface area contributed by atoms with Crippen LogP contribution in [0.2, 0.25) is 0 Å². The van der Waals surface area contributed by atoms with E-state index in [1.165, 1.54) is 13.2 Å². The number of carbonyl (C=O) groups excluding carboxylic acids is 1. The quantitative estimate of drug-likeness (QED) is 0.790. The van der Waals surface area contributed by atoms with Gasteiger partial charge in [0.1, 0.15) is 22.8 Å². The van der Waals surface area contributed by atoms with Gasteiger partial charge in [0.25, 0.3) is 11.5 Å². The van der Waals surface area contributed by atoms with E-state index in [9.17, 15) is 9.59 Å². The fourth-order valence-electron chi connectivity index (χ4n) is 3.47. The summed E-state index contributed by atoms with van der Waals surface area (Å²) in [5.41, 5.74) is 1.48. The number of ether oxygens (including phenoxy) is 3. The number of aromatic nitrogens is 1. The summed E-state index contributed by atoms with van der Waals surface area (Å²) in [5, 5.41) is 2.92. The van der Waals surface area contributed by atoms with Gasteiger partial charge in [0, 0.05) is 24.4 Å². The summed E-state index contributed by atoms with van der Waals surface area (Å²) < 4.78 is 18.2. The Kier molecular flexibility index (Phi) is 6.23. The van der Waals surface area contributed by atoms with Crippen molar-refractivity contribution in [2.45, 2.75) is 39.7 Å². The minimum atomic E-state index is -0.336. The van der Waals surface area contributed by atoms with Crippen LogP contribution in [0.5, 0.6) is 17.2 Å². The van der Waals surface area contributed by atoms with Crippen molar-refractivity contribution in [2.75, 3.05) is 25.6 Å². The van der Waals surface area contributed by atoms with Crippen molar-refractivity contribution in [3.63, 3.8) is 0 Å². The van der Waals surface area contributed by atoms with Gasteiger partial charge in [-0.2, -0.15) is 0 Å². The van der Waals surface area contributed by atoms with Crippen LogP contribution in [-0.2, 0) is 13.0 Å². The number of benzene rings is 1. The first-order valence-corrected chi connectivity index (χ1v) is 9.60. The summed E-state index contributed by atoms with van der Waals surface area (Å²) in [5.74, 6) is 1.14. The molecule has 0 saturated carbocycles. The summed E-state index contributed by atoms with van der Waals surface area (Å²) in [7, 11) is 1.47. The van der Waals surface area contributed by atoms with Crippen molar-refractivity contribution in [2.24, 2.45) is 0 Å². The Hall–Kier alpha value is -2.96. The van der Waals surface area contributed by atoms with E-state index < -0.39 is 0 Å². The first-order valence-electron chi connectivity index (χ1n) is 9.60. The largest absolute Gasteiger partial charge is 0.496 e. The number of amides is 1. The number of nitrogens with zero attached hydrogens (tertiary/aromatic N) is 1. The zero-order valence-electron chi connectivity index (χ0n) is 16.5. The lowest BCUT2D eigenvalue weighted by Crippen LogP contribution is -2.30. The lowest BCUT2D eigenvalue weighted by atomic mass is 10.0. The molecule has 0 fully saturated rings. The van der Waals surface area contributed by atoms with Gasteiger partial charge in [0.15, 0.2) is 0 Å². The van der Waals surface area contributed by atoms with Gasteiger partial charge in [-0.1, -0.05) is 0 Å². The fourth-order valence-corrected chi connectivity index (χ4v) is 3.47. The lowest BCUT2D eigenvalue weighted by Gasteiger charge is -2.23. The summed E-state index contributed by atoms with van der Waals surface area (Å²) in [6.45, 7) is 5.38. The van der Waals surface area contributed by atoms with E-state index in [0.29, 0.717) is 54.6 Å². The molecular weight excluding hydrogens is 360 g/mol. The third kappa shape index (κ3) is 3.98. The molecule has 0 atom stereocenters. The highest BCUT2D eigenvalue weighted by Gasteiger charge is 2.25. The third-order valence-corrected chi connectivity index (χ3v) is 4.68. The summed E-state index contributed by atoms with van der Waals surface area (Å²) in [4.78, 5) is 25.5. The van der Waals surface area contributed by atoms with Gasteiger partial charge in [-0.05, 0) is 45.2 Å². The van der Waals surface area contributed by atoms with Crippen LogP contribution in [0.25, 0.3) is 0 Å². The maximum Gasteiger partial charge on any atom is 0.261 e. The maximum absolute atomic E-state index is 13.2. The van der Waals surface area contributed by atoms with E-state index in [-0.39, 0.29) is 17.2 Å². The Morgan fingerprint density at radius 1 is 1.11 bits per heavy atom. The Balaban J connectivity index is 2.02. The molecular formula is C21H26N2O5. The second kappa shape index (κ2) is 8.82. The first-order chi connectivity index (χ1) is 13.6. The molecule has 1 aliphatic heterocycles. The van der Waals surface area contributed by atoms with Gasteiger partial charge in [0.05, 0.1) is 26.0 Å². The van der Waals surface area contributed by atoms with Gasteiger partial charge >= 0.3 is 0 Å². The van der Waals surface area contributed by atoms with E-state index in [2.05, 4.69) is 5.32 Å². The molecule has 1 aromatic heterocycles. The number of carbonyl (C=O) groups is 1. The van der Waals surface area contributed by atoms with E-state index in [0.717, 1.165) is 12.8 Å². The van der Waals surface area contributed by atoms with Gasteiger partial charge in [-0.25, -0.2) is 0 Å². The van der Waals surface area contributed by atoms with Crippen LogP contribution in [0, 0.1) is 0 Å². The van der Waals surface area contributed by atoms with Gasteiger partial charge < -0.3 is 24.1 Å². The number of hydrogen-bond donors (Lipinski definition) is 1. The molecule has 0 saturated heterocycles. The van der Waals surface area contributed by atoms with Crippen molar-refractivity contribution >= 4 is 11.6 Å². The maximum atomic E-state index is 13.2. The molecule has 0 radical (unpaired) electrons. The van der Waals surface area contributed by atoms with Crippen LogP contribution < -0.4 is 25.1 Å². The number of methoxy groups -OCH3 is 1. The smallest absolute Gasteiger partial charge is 0.261 e. The number of anilines is 1. The average Bonchev–Trinajstić information content (AvgIpc) is 2.70. The van der Waals surface area contributed by atoms with Crippen LogP contribution in [0.1, 0.15) is 42.7 Å². The molecule has 1 amide bonds. The summed E-state index contributed by atoms with van der Waals surface area (Å²) in [6.07, 6.45) is 2.51. The number of pyridine rings is 1. The van der Waals surface area contributed by atoms with Crippen LogP contribution in [0.3, 0.4) is 0 Å². The van der Waals surface area contributed by atoms with Crippen molar-refractivity contribution in [1.82, 2.24) is 4.57 Å². The Labute approximate surface area is 164 Å². The molecule has 2 heterocycles. The molecule has 28 heavy (non-hydrogen) atoms. The SMILES string of the molecule is CCOc1ccc(OCC)c(NC(=O)c2c(OC)cc(=O)n3c2CCCC3)c1. The average molecular weight is 386 g/mol. The number of nitrogens with one attached hydrogen (secondary N) is 1. The number of hydrogen-bond acceptors (Lipinski definition) is 5.